The quantitative estimate of drug-likeness (QED) is 0.554. The van der Waals surface area contributed by atoms with Crippen molar-refractivity contribution in [2.24, 2.45) is 0 Å². The lowest BCUT2D eigenvalue weighted by Crippen LogP contribution is -2.43. The summed E-state index contributed by atoms with van der Waals surface area (Å²) in [5.41, 5.74) is 3.89. The smallest absolute Gasteiger partial charge is 0.232 e. The minimum atomic E-state index is -0.0653. The largest absolute Gasteiger partial charge is 0.324 e. The predicted molar refractivity (Wildman–Crippen MR) is 120 cm³/mol. The molecule has 3 aromatic rings. The molecule has 3 aromatic carbocycles. The first kappa shape index (κ1) is 20.2. The topological polar surface area (TPSA) is 40.6 Å². The van der Waals surface area contributed by atoms with Crippen LogP contribution in [0.15, 0.2) is 78.9 Å². The summed E-state index contributed by atoms with van der Waals surface area (Å²) in [5, 5.41) is 0.560. The standard InChI is InChI=1S/C25H23ClN2O2/c26-22-8-4-9-23(17-22)28(18-27-15-5-10-24(27)29)25(30)16-19-11-13-21(14-12-19)20-6-2-1-3-7-20/h1-4,6-9,11-14,17H,5,10,15-16,18H2. The maximum atomic E-state index is 13.2. The highest BCUT2D eigenvalue weighted by Gasteiger charge is 2.25. The van der Waals surface area contributed by atoms with Crippen LogP contribution in [0.2, 0.25) is 5.02 Å². The van der Waals surface area contributed by atoms with E-state index in [0.29, 0.717) is 23.7 Å². The molecule has 0 bridgehead atoms. The Labute approximate surface area is 181 Å². The van der Waals surface area contributed by atoms with Gasteiger partial charge in [0.05, 0.1) is 6.42 Å². The average molecular weight is 419 g/mol. The van der Waals surface area contributed by atoms with Gasteiger partial charge in [-0.15, -0.1) is 0 Å². The number of anilines is 1. The number of carbonyl (C=O) groups is 2. The molecule has 0 spiro atoms. The van der Waals surface area contributed by atoms with Crippen molar-refractivity contribution in [3.05, 3.63) is 89.4 Å². The molecule has 30 heavy (non-hydrogen) atoms. The van der Waals surface area contributed by atoms with Gasteiger partial charge in [-0.25, -0.2) is 0 Å². The van der Waals surface area contributed by atoms with Crippen LogP contribution in [0.5, 0.6) is 0 Å². The van der Waals surface area contributed by atoms with E-state index in [1.807, 2.05) is 54.6 Å². The number of rotatable bonds is 6. The molecule has 0 aliphatic carbocycles. The second-order valence-corrected chi connectivity index (χ2v) is 7.88. The zero-order valence-corrected chi connectivity index (χ0v) is 17.4. The van der Waals surface area contributed by atoms with Crippen LogP contribution in [0.25, 0.3) is 11.1 Å². The number of likely N-dealkylation sites (tertiary alicyclic amines) is 1. The Morgan fingerprint density at radius 2 is 1.67 bits per heavy atom. The fourth-order valence-corrected chi connectivity index (χ4v) is 3.87. The molecule has 1 aliphatic heterocycles. The Morgan fingerprint density at radius 3 is 2.33 bits per heavy atom. The molecular weight excluding hydrogens is 396 g/mol. The molecular formula is C25H23ClN2O2. The van der Waals surface area contributed by atoms with Gasteiger partial charge in [-0.2, -0.15) is 0 Å². The summed E-state index contributed by atoms with van der Waals surface area (Å²) in [5.74, 6) is 0.0199. The second kappa shape index (κ2) is 9.14. The van der Waals surface area contributed by atoms with Gasteiger partial charge in [0.2, 0.25) is 11.8 Å². The minimum absolute atomic E-state index is 0.0653. The predicted octanol–water partition coefficient (Wildman–Crippen LogP) is 5.16. The molecule has 0 radical (unpaired) electrons. The van der Waals surface area contributed by atoms with E-state index in [1.165, 1.54) is 0 Å². The van der Waals surface area contributed by atoms with Gasteiger partial charge in [0.1, 0.15) is 6.67 Å². The van der Waals surface area contributed by atoms with Crippen LogP contribution in [0.3, 0.4) is 0 Å². The van der Waals surface area contributed by atoms with Crippen molar-refractivity contribution >= 4 is 29.1 Å². The highest BCUT2D eigenvalue weighted by atomic mass is 35.5. The Morgan fingerprint density at radius 1 is 0.933 bits per heavy atom. The third-order valence-corrected chi connectivity index (χ3v) is 5.56. The zero-order valence-electron chi connectivity index (χ0n) is 16.6. The molecule has 152 valence electrons. The van der Waals surface area contributed by atoms with Gasteiger partial charge in [-0.1, -0.05) is 72.3 Å². The summed E-state index contributed by atoms with van der Waals surface area (Å²) in [4.78, 5) is 28.7. The number of benzene rings is 3. The Kier molecular flexibility index (Phi) is 6.15. The first-order chi connectivity index (χ1) is 14.6. The maximum Gasteiger partial charge on any atom is 0.232 e. The van der Waals surface area contributed by atoms with E-state index in [9.17, 15) is 9.59 Å². The van der Waals surface area contributed by atoms with E-state index >= 15 is 0 Å². The van der Waals surface area contributed by atoms with E-state index in [-0.39, 0.29) is 24.9 Å². The number of nitrogens with zero attached hydrogens (tertiary/aromatic N) is 2. The summed E-state index contributed by atoms with van der Waals surface area (Å²) in [7, 11) is 0. The number of hydrogen-bond acceptors (Lipinski definition) is 2. The Hall–Kier alpha value is -3.11. The van der Waals surface area contributed by atoms with Gasteiger partial charge >= 0.3 is 0 Å². The third-order valence-electron chi connectivity index (χ3n) is 5.32. The average Bonchev–Trinajstić information content (AvgIpc) is 3.17. The van der Waals surface area contributed by atoms with Crippen molar-refractivity contribution in [2.45, 2.75) is 19.3 Å². The number of halogens is 1. The van der Waals surface area contributed by atoms with Crippen molar-refractivity contribution in [1.29, 1.82) is 0 Å². The third kappa shape index (κ3) is 4.71. The lowest BCUT2D eigenvalue weighted by atomic mass is 10.0. The number of amides is 2. The summed E-state index contributed by atoms with van der Waals surface area (Å²) in [6.07, 6.45) is 1.62. The van der Waals surface area contributed by atoms with Crippen LogP contribution in [-0.2, 0) is 16.0 Å². The van der Waals surface area contributed by atoms with Gasteiger partial charge in [0.25, 0.3) is 0 Å². The van der Waals surface area contributed by atoms with Gasteiger partial charge in [-0.05, 0) is 41.3 Å². The lowest BCUT2D eigenvalue weighted by Gasteiger charge is -2.28. The van der Waals surface area contributed by atoms with Crippen LogP contribution in [0.1, 0.15) is 18.4 Å². The highest BCUT2D eigenvalue weighted by molar-refractivity contribution is 6.30. The van der Waals surface area contributed by atoms with Crippen molar-refractivity contribution < 1.29 is 9.59 Å². The summed E-state index contributed by atoms with van der Waals surface area (Å²) >= 11 is 6.16. The monoisotopic (exact) mass is 418 g/mol. The highest BCUT2D eigenvalue weighted by Crippen LogP contribution is 2.24. The molecule has 1 heterocycles. The molecule has 5 heteroatoms. The van der Waals surface area contributed by atoms with Crippen molar-refractivity contribution in [1.82, 2.24) is 4.90 Å². The fraction of sp³-hybridized carbons (Fsp3) is 0.200. The normalized spacial score (nSPS) is 13.5. The SMILES string of the molecule is O=C1CCCN1CN(C(=O)Cc1ccc(-c2ccccc2)cc1)c1cccc(Cl)c1. The van der Waals surface area contributed by atoms with Crippen LogP contribution < -0.4 is 4.90 Å². The Bertz CT molecular complexity index is 1030. The molecule has 1 aliphatic rings. The van der Waals surface area contributed by atoms with Crippen LogP contribution in [-0.4, -0.2) is 29.9 Å². The van der Waals surface area contributed by atoms with E-state index in [0.717, 1.165) is 23.1 Å². The van der Waals surface area contributed by atoms with Gasteiger partial charge in [0, 0.05) is 23.7 Å². The molecule has 4 rings (SSSR count). The molecule has 4 nitrogen and oxygen atoms in total. The van der Waals surface area contributed by atoms with E-state index in [4.69, 9.17) is 11.6 Å². The van der Waals surface area contributed by atoms with Crippen LogP contribution >= 0.6 is 11.6 Å². The second-order valence-electron chi connectivity index (χ2n) is 7.44. The molecule has 0 atom stereocenters. The summed E-state index contributed by atoms with van der Waals surface area (Å²) in [6.45, 7) is 0.926. The van der Waals surface area contributed by atoms with Crippen LogP contribution in [0.4, 0.5) is 5.69 Å². The van der Waals surface area contributed by atoms with E-state index in [1.54, 1.807) is 21.9 Å². The van der Waals surface area contributed by atoms with Gasteiger partial charge < -0.3 is 4.90 Å². The Balaban J connectivity index is 1.53. The van der Waals surface area contributed by atoms with Gasteiger partial charge in [-0.3, -0.25) is 14.5 Å². The molecule has 0 unspecified atom stereocenters. The molecule has 0 saturated carbocycles. The van der Waals surface area contributed by atoms with E-state index in [2.05, 4.69) is 12.1 Å². The first-order valence-corrected chi connectivity index (χ1v) is 10.5. The first-order valence-electron chi connectivity index (χ1n) is 10.1. The number of carbonyl (C=O) groups excluding carboxylic acids is 2. The fourth-order valence-electron chi connectivity index (χ4n) is 3.69. The lowest BCUT2D eigenvalue weighted by molar-refractivity contribution is -0.128. The number of hydrogen-bond donors (Lipinski definition) is 0. The molecule has 2 amide bonds. The zero-order chi connectivity index (χ0) is 20.9. The molecule has 1 saturated heterocycles. The summed E-state index contributed by atoms with van der Waals surface area (Å²) in [6, 6.07) is 25.4. The van der Waals surface area contributed by atoms with Crippen molar-refractivity contribution in [2.75, 3.05) is 18.1 Å². The van der Waals surface area contributed by atoms with Crippen molar-refractivity contribution in [3.8, 4) is 11.1 Å². The minimum Gasteiger partial charge on any atom is -0.324 e. The van der Waals surface area contributed by atoms with Crippen molar-refractivity contribution in [3.63, 3.8) is 0 Å². The van der Waals surface area contributed by atoms with E-state index < -0.39 is 0 Å². The molecule has 0 N–H and O–H groups in total. The molecule has 1 fully saturated rings. The summed E-state index contributed by atoms with van der Waals surface area (Å²) < 4.78 is 0. The van der Waals surface area contributed by atoms with Gasteiger partial charge in [0.15, 0.2) is 0 Å². The molecule has 0 aromatic heterocycles. The van der Waals surface area contributed by atoms with Crippen LogP contribution in [0, 0.1) is 0 Å². The maximum absolute atomic E-state index is 13.2.